The Morgan fingerprint density at radius 2 is 1.79 bits per heavy atom. The number of benzene rings is 3. The van der Waals surface area contributed by atoms with E-state index in [1.165, 1.54) is 11.8 Å². The molecule has 0 N–H and O–H groups in total. The third kappa shape index (κ3) is 3.56. The van der Waals surface area contributed by atoms with E-state index >= 15 is 0 Å². The van der Waals surface area contributed by atoms with Crippen LogP contribution in [0, 0.1) is 0 Å². The minimum atomic E-state index is -1.15. The number of rotatable bonds is 4. The van der Waals surface area contributed by atoms with Crippen LogP contribution in [-0.4, -0.2) is 35.1 Å². The number of hydrogen-bond acceptors (Lipinski definition) is 4. The van der Waals surface area contributed by atoms with Crippen molar-refractivity contribution in [2.24, 2.45) is 0 Å². The molecule has 1 spiro atoms. The highest BCUT2D eigenvalue weighted by Crippen LogP contribution is 2.60. The maximum Gasteiger partial charge on any atom is 0.268 e. The summed E-state index contributed by atoms with van der Waals surface area (Å²) in [6, 6.07) is 22.4. The van der Waals surface area contributed by atoms with E-state index in [0.717, 1.165) is 16.8 Å². The first kappa shape index (κ1) is 22.8. The Hall–Kier alpha value is -2.96. The summed E-state index contributed by atoms with van der Waals surface area (Å²) < 4.78 is 5.01. The van der Waals surface area contributed by atoms with E-state index in [1.807, 2.05) is 48.5 Å². The fraction of sp³-hybridized carbons (Fsp3) is 0.259. The Bertz CT molecular complexity index is 1290. The Balaban J connectivity index is 1.63. The van der Waals surface area contributed by atoms with Gasteiger partial charge in [0.25, 0.3) is 11.8 Å². The summed E-state index contributed by atoms with van der Waals surface area (Å²) >= 11 is 7.98. The number of methoxy groups -OCH3 is 1. The number of nitrogens with zero attached hydrogens (tertiary/aromatic N) is 2. The predicted octanol–water partition coefficient (Wildman–Crippen LogP) is 5.72. The maximum atomic E-state index is 14.3. The van der Waals surface area contributed by atoms with Crippen molar-refractivity contribution in [1.82, 2.24) is 4.90 Å². The molecule has 2 aliphatic rings. The van der Waals surface area contributed by atoms with Gasteiger partial charge in [0, 0.05) is 27.4 Å². The van der Waals surface area contributed by atoms with Crippen LogP contribution in [0.3, 0.4) is 0 Å². The number of carbonyl (C=O) groups excluding carboxylic acids is 2. The summed E-state index contributed by atoms with van der Waals surface area (Å²) in [4.78, 5) is 30.6. The van der Waals surface area contributed by atoms with Crippen molar-refractivity contribution in [3.05, 3.63) is 94.5 Å². The summed E-state index contributed by atoms with van der Waals surface area (Å²) in [6.07, 6.45) is 0. The summed E-state index contributed by atoms with van der Waals surface area (Å²) in [7, 11) is 1.57. The second kappa shape index (κ2) is 8.36. The van der Waals surface area contributed by atoms with Gasteiger partial charge in [0.05, 0.1) is 19.3 Å². The standard InChI is InChI=1S/C27H25ClN2O3S/c1-26(2)17-30(24(31)18-10-8-11-20(15-18)33-3)27(34-26)21-12-5-7-14-23(21)29(25(27)32)16-19-9-4-6-13-22(19)28/h4-15H,16-17H2,1-3H3/t27-/m1/s1. The van der Waals surface area contributed by atoms with Crippen LogP contribution in [0.1, 0.15) is 35.3 Å². The Morgan fingerprint density at radius 3 is 2.56 bits per heavy atom. The molecule has 34 heavy (non-hydrogen) atoms. The Labute approximate surface area is 208 Å². The van der Waals surface area contributed by atoms with Crippen molar-refractivity contribution in [2.75, 3.05) is 18.6 Å². The van der Waals surface area contributed by atoms with Gasteiger partial charge in [0.2, 0.25) is 0 Å². The zero-order valence-electron chi connectivity index (χ0n) is 19.2. The highest BCUT2D eigenvalue weighted by molar-refractivity contribution is 8.02. The van der Waals surface area contributed by atoms with Gasteiger partial charge in [-0.1, -0.05) is 54.1 Å². The molecule has 0 aliphatic carbocycles. The lowest BCUT2D eigenvalue weighted by atomic mass is 10.0. The Kier molecular flexibility index (Phi) is 5.61. The summed E-state index contributed by atoms with van der Waals surface area (Å²) in [5.74, 6) is 0.282. The molecule has 3 aromatic rings. The summed E-state index contributed by atoms with van der Waals surface area (Å²) in [5, 5.41) is 0.609. The van der Waals surface area contributed by atoms with Crippen LogP contribution in [-0.2, 0) is 16.2 Å². The van der Waals surface area contributed by atoms with Gasteiger partial charge in [0.1, 0.15) is 5.75 Å². The summed E-state index contributed by atoms with van der Waals surface area (Å²) in [6.45, 7) is 4.92. The lowest BCUT2D eigenvalue weighted by Gasteiger charge is -2.33. The first-order valence-electron chi connectivity index (χ1n) is 11.1. The number of thioether (sulfide) groups is 1. The highest BCUT2D eigenvalue weighted by atomic mass is 35.5. The molecule has 1 saturated heterocycles. The number of ether oxygens (including phenoxy) is 1. The molecule has 0 bridgehead atoms. The van der Waals surface area contributed by atoms with Gasteiger partial charge in [-0.2, -0.15) is 0 Å². The van der Waals surface area contributed by atoms with Crippen molar-refractivity contribution < 1.29 is 14.3 Å². The van der Waals surface area contributed by atoms with E-state index in [0.29, 0.717) is 29.4 Å². The molecule has 3 aromatic carbocycles. The van der Waals surface area contributed by atoms with Crippen molar-refractivity contribution in [2.45, 2.75) is 30.0 Å². The monoisotopic (exact) mass is 492 g/mol. The van der Waals surface area contributed by atoms with Gasteiger partial charge >= 0.3 is 0 Å². The number of hydrogen-bond donors (Lipinski definition) is 0. The Morgan fingerprint density at radius 1 is 1.06 bits per heavy atom. The molecule has 2 aliphatic heterocycles. The predicted molar refractivity (Wildman–Crippen MR) is 136 cm³/mol. The number of carbonyl (C=O) groups is 2. The number of para-hydroxylation sites is 1. The first-order chi connectivity index (χ1) is 16.3. The van der Waals surface area contributed by atoms with Gasteiger partial charge in [-0.05, 0) is 49.7 Å². The van der Waals surface area contributed by atoms with Gasteiger partial charge in [-0.25, -0.2) is 0 Å². The third-order valence-corrected chi connectivity index (χ3v) is 8.25. The molecule has 0 unspecified atom stereocenters. The van der Waals surface area contributed by atoms with Gasteiger partial charge in [-0.3, -0.25) is 9.59 Å². The molecule has 2 heterocycles. The molecule has 174 valence electrons. The minimum Gasteiger partial charge on any atom is -0.497 e. The molecule has 0 saturated carbocycles. The molecule has 5 rings (SSSR count). The zero-order valence-corrected chi connectivity index (χ0v) is 20.8. The normalized spacial score (nSPS) is 20.6. The molecule has 1 atom stereocenters. The lowest BCUT2D eigenvalue weighted by Crippen LogP contribution is -2.50. The number of halogens is 1. The smallest absolute Gasteiger partial charge is 0.268 e. The van der Waals surface area contributed by atoms with E-state index in [4.69, 9.17) is 16.3 Å². The quantitative estimate of drug-likeness (QED) is 0.467. The third-order valence-electron chi connectivity index (χ3n) is 6.29. The van der Waals surface area contributed by atoms with Crippen molar-refractivity contribution >= 4 is 40.9 Å². The van der Waals surface area contributed by atoms with E-state index < -0.39 is 4.87 Å². The maximum absolute atomic E-state index is 14.3. The molecule has 0 aromatic heterocycles. The van der Waals surface area contributed by atoms with E-state index in [9.17, 15) is 9.59 Å². The molecule has 7 heteroatoms. The first-order valence-corrected chi connectivity index (χ1v) is 12.3. The van der Waals surface area contributed by atoms with Crippen LogP contribution >= 0.6 is 23.4 Å². The molecule has 0 radical (unpaired) electrons. The van der Waals surface area contributed by atoms with Crippen molar-refractivity contribution in [3.8, 4) is 5.75 Å². The number of anilines is 1. The van der Waals surface area contributed by atoms with Gasteiger partial charge in [0.15, 0.2) is 4.87 Å². The summed E-state index contributed by atoms with van der Waals surface area (Å²) in [5.41, 5.74) is 2.99. The van der Waals surface area contributed by atoms with Crippen LogP contribution in [0.25, 0.3) is 0 Å². The molecule has 1 fully saturated rings. The second-order valence-corrected chi connectivity index (χ2v) is 11.4. The van der Waals surface area contributed by atoms with Crippen LogP contribution in [0.4, 0.5) is 5.69 Å². The topological polar surface area (TPSA) is 49.9 Å². The molecule has 5 nitrogen and oxygen atoms in total. The fourth-order valence-corrected chi connectivity index (χ4v) is 6.75. The molecule has 2 amide bonds. The average molecular weight is 493 g/mol. The van der Waals surface area contributed by atoms with E-state index in [-0.39, 0.29) is 16.6 Å². The highest BCUT2D eigenvalue weighted by Gasteiger charge is 2.63. The van der Waals surface area contributed by atoms with Crippen LogP contribution in [0.2, 0.25) is 5.02 Å². The van der Waals surface area contributed by atoms with Gasteiger partial charge < -0.3 is 14.5 Å². The molecular weight excluding hydrogens is 468 g/mol. The molecular formula is C27H25ClN2O3S. The van der Waals surface area contributed by atoms with Crippen molar-refractivity contribution in [1.29, 1.82) is 0 Å². The average Bonchev–Trinajstić information content (AvgIpc) is 3.26. The van der Waals surface area contributed by atoms with Crippen LogP contribution in [0.5, 0.6) is 5.75 Å². The number of amides is 2. The van der Waals surface area contributed by atoms with Crippen molar-refractivity contribution in [3.63, 3.8) is 0 Å². The second-order valence-electron chi connectivity index (χ2n) is 9.13. The minimum absolute atomic E-state index is 0.125. The number of fused-ring (bicyclic) bond motifs is 2. The van der Waals surface area contributed by atoms with E-state index in [2.05, 4.69) is 13.8 Å². The largest absolute Gasteiger partial charge is 0.497 e. The SMILES string of the molecule is COc1cccc(C(=O)N2CC(C)(C)S[C@]23C(=O)N(Cc2ccccc2Cl)c2ccccc23)c1. The van der Waals surface area contributed by atoms with Crippen LogP contribution < -0.4 is 9.64 Å². The fourth-order valence-electron chi connectivity index (χ4n) is 4.82. The van der Waals surface area contributed by atoms with Crippen LogP contribution in [0.15, 0.2) is 72.8 Å². The van der Waals surface area contributed by atoms with Gasteiger partial charge in [-0.15, -0.1) is 11.8 Å². The van der Waals surface area contributed by atoms with E-state index in [1.54, 1.807) is 41.2 Å². The zero-order chi connectivity index (χ0) is 24.1. The lowest BCUT2D eigenvalue weighted by molar-refractivity contribution is -0.123.